The maximum Gasteiger partial charge on any atom is 0.173 e. The zero-order chi connectivity index (χ0) is 21.4. The maximum atomic E-state index is 11.1. The number of pyridine rings is 1. The summed E-state index contributed by atoms with van der Waals surface area (Å²) in [5.74, 6) is 0.433. The Morgan fingerprint density at radius 3 is 2.90 bits per heavy atom. The third kappa shape index (κ3) is 5.86. The van der Waals surface area contributed by atoms with E-state index in [1.165, 1.54) is 0 Å². The summed E-state index contributed by atoms with van der Waals surface area (Å²) in [4.78, 5) is 15.7. The number of nitrogens with zero attached hydrogens (tertiary/aromatic N) is 4. The van der Waals surface area contributed by atoms with Gasteiger partial charge in [-0.1, -0.05) is 6.08 Å². The Bertz CT molecular complexity index is 956. The van der Waals surface area contributed by atoms with Crippen LogP contribution < -0.4 is 15.6 Å². The van der Waals surface area contributed by atoms with Crippen LogP contribution in [-0.4, -0.2) is 40.0 Å². The number of aliphatic imine (C=N–C) groups is 1. The first-order valence-electron chi connectivity index (χ1n) is 9.39. The number of hydrogen-bond donors (Lipinski definition) is 3. The largest absolute Gasteiger partial charge is 0.395 e. The predicted octanol–water partition coefficient (Wildman–Crippen LogP) is 1.35. The summed E-state index contributed by atoms with van der Waals surface area (Å²) < 4.78 is 3.68. The second-order valence-corrected chi connectivity index (χ2v) is 6.75. The number of carbonyl (C=O) groups excluding carboxylic acids is 1. The average molecular weight is 398 g/mol. The fourth-order valence-corrected chi connectivity index (χ4v) is 2.73. The van der Waals surface area contributed by atoms with Crippen molar-refractivity contribution in [1.82, 2.24) is 15.1 Å². The van der Waals surface area contributed by atoms with E-state index in [1.54, 1.807) is 23.9 Å². The molecule has 154 valence electrons. The van der Waals surface area contributed by atoms with Gasteiger partial charge in [-0.2, -0.15) is 5.10 Å². The van der Waals surface area contributed by atoms with Gasteiger partial charge in [0.25, 0.3) is 0 Å². The number of aliphatic hydroxyl groups is 1. The van der Waals surface area contributed by atoms with Gasteiger partial charge in [0.1, 0.15) is 24.8 Å². The van der Waals surface area contributed by atoms with Gasteiger partial charge in [-0.05, 0) is 38.0 Å². The number of carbonyl (C=O) groups is 1. The van der Waals surface area contributed by atoms with Gasteiger partial charge in [-0.25, -0.2) is 14.2 Å². The minimum absolute atomic E-state index is 0.0189. The second-order valence-electron chi connectivity index (χ2n) is 6.75. The number of aliphatic hydroxyl groups excluding tert-OH is 1. The molecule has 0 bridgehead atoms. The molecule has 4 N–H and O–H groups in total. The van der Waals surface area contributed by atoms with Gasteiger partial charge in [0, 0.05) is 18.2 Å². The van der Waals surface area contributed by atoms with Gasteiger partial charge in [0.05, 0.1) is 30.8 Å². The van der Waals surface area contributed by atoms with Crippen molar-refractivity contribution in [2.45, 2.75) is 27.3 Å². The molecule has 2 aromatic heterocycles. The number of nitrogens with one attached hydrogen (secondary N) is 1. The fourth-order valence-electron chi connectivity index (χ4n) is 2.73. The van der Waals surface area contributed by atoms with Crippen LogP contribution in [0.5, 0.6) is 0 Å². The summed E-state index contributed by atoms with van der Waals surface area (Å²) in [7, 11) is 1.97. The van der Waals surface area contributed by atoms with E-state index in [0.717, 1.165) is 17.4 Å². The van der Waals surface area contributed by atoms with Gasteiger partial charge in [-0.15, -0.1) is 0 Å². The number of rotatable bonds is 9. The highest BCUT2D eigenvalue weighted by Gasteiger charge is 2.13. The number of allylic oxidation sites excluding steroid dienone is 3. The molecule has 0 aliphatic rings. The lowest BCUT2D eigenvalue weighted by atomic mass is 10.1. The van der Waals surface area contributed by atoms with Gasteiger partial charge in [0.2, 0.25) is 0 Å². The number of aromatic nitrogens is 3. The molecule has 0 aromatic carbocycles. The normalized spacial score (nSPS) is 12.9. The number of anilines is 1. The molecule has 8 heteroatoms. The first kappa shape index (κ1) is 22.0. The lowest BCUT2D eigenvalue weighted by molar-refractivity contribution is -0.672. The molecule has 8 nitrogen and oxygen atoms in total. The zero-order valence-electron chi connectivity index (χ0n) is 17.4. The Hall–Kier alpha value is -3.26. The summed E-state index contributed by atoms with van der Waals surface area (Å²) in [6, 6.07) is 2.05. The molecule has 0 amide bonds. The summed E-state index contributed by atoms with van der Waals surface area (Å²) in [5, 5.41) is 16.6. The van der Waals surface area contributed by atoms with E-state index in [9.17, 15) is 4.79 Å². The lowest BCUT2D eigenvalue weighted by Gasteiger charge is -2.10. The molecule has 29 heavy (non-hydrogen) atoms. The quantitative estimate of drug-likeness (QED) is 0.256. The first-order valence-corrected chi connectivity index (χ1v) is 9.39. The van der Waals surface area contributed by atoms with Crippen LogP contribution in [-0.2, 0) is 18.4 Å². The minimum Gasteiger partial charge on any atom is -0.395 e. The van der Waals surface area contributed by atoms with Crippen molar-refractivity contribution in [2.75, 3.05) is 18.9 Å². The number of nitrogens with two attached hydrogens (primary N) is 1. The highest BCUT2D eigenvalue weighted by atomic mass is 16.3. The molecule has 0 spiro atoms. The van der Waals surface area contributed by atoms with Crippen molar-refractivity contribution < 1.29 is 14.5 Å². The highest BCUT2D eigenvalue weighted by Crippen LogP contribution is 2.24. The van der Waals surface area contributed by atoms with Crippen LogP contribution >= 0.6 is 0 Å². The van der Waals surface area contributed by atoms with Gasteiger partial charge in [-0.3, -0.25) is 4.79 Å². The zero-order valence-corrected chi connectivity index (χ0v) is 17.4. The molecule has 0 aliphatic heterocycles. The van der Waals surface area contributed by atoms with E-state index in [-0.39, 0.29) is 6.61 Å². The Morgan fingerprint density at radius 2 is 2.24 bits per heavy atom. The van der Waals surface area contributed by atoms with Crippen molar-refractivity contribution in [2.24, 2.45) is 12.0 Å². The molecule has 0 atom stereocenters. The number of nitrogen functional groups attached to an aromatic ring is 1. The van der Waals surface area contributed by atoms with E-state index < -0.39 is 0 Å². The topological polar surface area (TPSA) is 109 Å². The molecular weight excluding hydrogens is 368 g/mol. The predicted molar refractivity (Wildman–Crippen MR) is 114 cm³/mol. The molecule has 0 radical (unpaired) electrons. The van der Waals surface area contributed by atoms with E-state index in [2.05, 4.69) is 15.4 Å². The third-order valence-electron chi connectivity index (χ3n) is 4.39. The summed E-state index contributed by atoms with van der Waals surface area (Å²) in [5.41, 5.74) is 10.8. The summed E-state index contributed by atoms with van der Waals surface area (Å²) in [6.07, 6.45) is 9.91. The molecule has 0 fully saturated rings. The van der Waals surface area contributed by atoms with Crippen molar-refractivity contribution in [3.63, 3.8) is 0 Å². The molecule has 0 aliphatic carbocycles. The van der Waals surface area contributed by atoms with Crippen molar-refractivity contribution >= 4 is 23.5 Å². The smallest absolute Gasteiger partial charge is 0.173 e. The van der Waals surface area contributed by atoms with Gasteiger partial charge >= 0.3 is 0 Å². The molecule has 0 saturated heterocycles. The Balaban J connectivity index is 2.41. The summed E-state index contributed by atoms with van der Waals surface area (Å²) in [6.45, 7) is 6.47. The molecule has 2 heterocycles. The van der Waals surface area contributed by atoms with Crippen molar-refractivity contribution in [1.29, 1.82) is 0 Å². The Morgan fingerprint density at radius 1 is 1.48 bits per heavy atom. The van der Waals surface area contributed by atoms with Crippen LogP contribution in [0, 0.1) is 6.92 Å². The van der Waals surface area contributed by atoms with Gasteiger partial charge in [0.15, 0.2) is 12.4 Å². The van der Waals surface area contributed by atoms with Crippen LogP contribution in [0.4, 0.5) is 11.5 Å². The molecule has 0 unspecified atom stereocenters. The van der Waals surface area contributed by atoms with E-state index in [1.807, 2.05) is 50.0 Å². The van der Waals surface area contributed by atoms with Crippen molar-refractivity contribution in [3.05, 3.63) is 59.2 Å². The van der Waals surface area contributed by atoms with Crippen LogP contribution in [0.1, 0.15) is 25.0 Å². The van der Waals surface area contributed by atoms with E-state index in [4.69, 9.17) is 10.8 Å². The monoisotopic (exact) mass is 397 g/mol. The lowest BCUT2D eigenvalue weighted by Crippen LogP contribution is -2.28. The number of hydrogen-bond acceptors (Lipinski definition) is 6. The van der Waals surface area contributed by atoms with Gasteiger partial charge < -0.3 is 16.2 Å². The SMILES string of the molecule is CC=C(NCCO)C(C=C(C)C=O)=Nc1cnn(Cc2c[n+](C)ccc2C)c1N. The second kappa shape index (κ2) is 10.3. The van der Waals surface area contributed by atoms with E-state index in [0.29, 0.717) is 41.6 Å². The average Bonchev–Trinajstić information content (AvgIpc) is 3.04. The molecule has 2 rings (SSSR count). The molecule has 2 aromatic rings. The molecule has 0 saturated carbocycles. The maximum absolute atomic E-state index is 11.1. The van der Waals surface area contributed by atoms with E-state index >= 15 is 0 Å². The highest BCUT2D eigenvalue weighted by molar-refractivity contribution is 6.11. The van der Waals surface area contributed by atoms with Crippen molar-refractivity contribution in [3.8, 4) is 0 Å². The Kier molecular flexibility index (Phi) is 7.85. The number of aldehydes is 1. The van der Waals surface area contributed by atoms with Crippen LogP contribution in [0.25, 0.3) is 0 Å². The molecular formula is C21H29N6O2+. The van der Waals surface area contributed by atoms with Crippen LogP contribution in [0.3, 0.4) is 0 Å². The fraction of sp³-hybridized carbons (Fsp3) is 0.333. The standard InChI is InChI=1S/C21H28N6O2/c1-5-18(23-7-9-28)19(10-15(2)14-29)25-20-11-24-27(21(20)22)13-17-12-26(4)8-6-16(17)3/h5-6,8,10-12,14,23,28H,7,9,13H2,1-4H3,(H-,22,24,29)/p+1. The minimum atomic E-state index is -0.0189. The first-order chi connectivity index (χ1) is 13.9. The van der Waals surface area contributed by atoms with Crippen LogP contribution in [0.15, 0.2) is 53.1 Å². The third-order valence-corrected chi connectivity index (χ3v) is 4.39. The van der Waals surface area contributed by atoms with Crippen LogP contribution in [0.2, 0.25) is 0 Å². The Labute approximate surface area is 171 Å². The summed E-state index contributed by atoms with van der Waals surface area (Å²) >= 11 is 0. The number of aryl methyl sites for hydroxylation is 2.